The summed E-state index contributed by atoms with van der Waals surface area (Å²) in [5.41, 5.74) is 1.75. The molecule has 1 rings (SSSR count). The second-order valence-corrected chi connectivity index (χ2v) is 5.24. The summed E-state index contributed by atoms with van der Waals surface area (Å²) in [5, 5.41) is 17.7. The Kier molecular flexibility index (Phi) is 6.20. The van der Waals surface area contributed by atoms with Gasteiger partial charge in [0.2, 0.25) is 0 Å². The largest absolute Gasteiger partial charge is 0.481 e. The molecule has 20 heavy (non-hydrogen) atoms. The minimum absolute atomic E-state index is 0.164. The number of nitrogens with zero attached hydrogens (tertiary/aromatic N) is 2. The molecule has 0 fully saturated rings. The fourth-order valence-electron chi connectivity index (χ4n) is 2.37. The lowest BCUT2D eigenvalue weighted by molar-refractivity contribution is -0.137. The number of benzene rings is 1. The summed E-state index contributed by atoms with van der Waals surface area (Å²) >= 11 is 0. The number of hydrogen-bond donors (Lipinski definition) is 1. The van der Waals surface area contributed by atoms with Crippen LogP contribution in [-0.4, -0.2) is 28.6 Å². The minimum Gasteiger partial charge on any atom is -0.481 e. The van der Waals surface area contributed by atoms with E-state index in [2.05, 4.69) is 31.7 Å². The van der Waals surface area contributed by atoms with Crippen molar-refractivity contribution in [3.05, 3.63) is 35.4 Å². The summed E-state index contributed by atoms with van der Waals surface area (Å²) in [6.07, 6.45) is 0.823. The number of hydrogen-bond acceptors (Lipinski definition) is 3. The molecule has 1 N–H and O–H groups in total. The van der Waals surface area contributed by atoms with Crippen LogP contribution in [-0.2, 0) is 4.79 Å². The Bertz CT molecular complexity index is 491. The van der Waals surface area contributed by atoms with Crippen molar-refractivity contribution >= 4 is 5.97 Å². The molecule has 1 aromatic rings. The summed E-state index contributed by atoms with van der Waals surface area (Å²) in [7, 11) is 0. The SMILES string of the molecule is CC(C)N(CCCC(=O)O)C(C)c1cccc(C#N)c1. The molecule has 4 nitrogen and oxygen atoms in total. The van der Waals surface area contributed by atoms with Crippen LogP contribution in [0.3, 0.4) is 0 Å². The van der Waals surface area contributed by atoms with Gasteiger partial charge >= 0.3 is 5.97 Å². The van der Waals surface area contributed by atoms with Crippen molar-refractivity contribution in [3.63, 3.8) is 0 Å². The zero-order valence-corrected chi connectivity index (χ0v) is 12.3. The molecular formula is C16H22N2O2. The molecule has 0 bridgehead atoms. The molecular weight excluding hydrogens is 252 g/mol. The summed E-state index contributed by atoms with van der Waals surface area (Å²) in [6, 6.07) is 10.2. The van der Waals surface area contributed by atoms with E-state index in [9.17, 15) is 4.79 Å². The fourth-order valence-corrected chi connectivity index (χ4v) is 2.37. The number of nitriles is 1. The van der Waals surface area contributed by atoms with Crippen LogP contribution >= 0.6 is 0 Å². The van der Waals surface area contributed by atoms with Gasteiger partial charge in [-0.2, -0.15) is 5.26 Å². The van der Waals surface area contributed by atoms with Crippen LogP contribution in [0.5, 0.6) is 0 Å². The molecule has 0 aliphatic carbocycles. The van der Waals surface area contributed by atoms with E-state index in [1.807, 2.05) is 18.2 Å². The molecule has 1 aromatic carbocycles. The van der Waals surface area contributed by atoms with Gasteiger partial charge in [0.1, 0.15) is 0 Å². The maximum Gasteiger partial charge on any atom is 0.303 e. The van der Waals surface area contributed by atoms with Crippen molar-refractivity contribution in [1.29, 1.82) is 5.26 Å². The third kappa shape index (κ3) is 4.67. The lowest BCUT2D eigenvalue weighted by Gasteiger charge is -2.33. The average molecular weight is 274 g/mol. The molecule has 0 aromatic heterocycles. The number of carboxylic acids is 1. The summed E-state index contributed by atoms with van der Waals surface area (Å²) in [6.45, 7) is 7.04. The highest BCUT2D eigenvalue weighted by Gasteiger charge is 2.19. The zero-order valence-electron chi connectivity index (χ0n) is 12.3. The fraction of sp³-hybridized carbons (Fsp3) is 0.500. The predicted molar refractivity (Wildman–Crippen MR) is 78.3 cm³/mol. The van der Waals surface area contributed by atoms with Gasteiger partial charge in [0.25, 0.3) is 0 Å². The number of carboxylic acid groups (broad SMARTS) is 1. The van der Waals surface area contributed by atoms with Crippen LogP contribution in [0.25, 0.3) is 0 Å². The molecule has 0 saturated heterocycles. The van der Waals surface area contributed by atoms with E-state index in [-0.39, 0.29) is 12.5 Å². The van der Waals surface area contributed by atoms with Gasteiger partial charge in [-0.3, -0.25) is 9.69 Å². The Hall–Kier alpha value is -1.86. The first kappa shape index (κ1) is 16.2. The summed E-state index contributed by atoms with van der Waals surface area (Å²) in [5.74, 6) is -0.757. The third-order valence-electron chi connectivity index (χ3n) is 3.47. The van der Waals surface area contributed by atoms with Gasteiger partial charge in [-0.1, -0.05) is 12.1 Å². The van der Waals surface area contributed by atoms with Crippen molar-refractivity contribution in [2.45, 2.75) is 45.7 Å². The van der Waals surface area contributed by atoms with Gasteiger partial charge < -0.3 is 5.11 Å². The van der Waals surface area contributed by atoms with E-state index in [1.165, 1.54) is 0 Å². The monoisotopic (exact) mass is 274 g/mol. The third-order valence-corrected chi connectivity index (χ3v) is 3.47. The van der Waals surface area contributed by atoms with E-state index < -0.39 is 5.97 Å². The lowest BCUT2D eigenvalue weighted by atomic mass is 10.0. The maximum absolute atomic E-state index is 10.6. The lowest BCUT2D eigenvalue weighted by Crippen LogP contribution is -2.34. The molecule has 0 aliphatic rings. The molecule has 0 heterocycles. The first-order valence-corrected chi connectivity index (χ1v) is 6.93. The van der Waals surface area contributed by atoms with Crippen molar-refractivity contribution in [2.75, 3.05) is 6.54 Å². The standard InChI is InChI=1S/C16H22N2O2/c1-12(2)18(9-5-8-16(19)20)13(3)15-7-4-6-14(10-15)11-17/h4,6-7,10,12-13H,5,8-9H2,1-3H3,(H,19,20). The van der Waals surface area contributed by atoms with E-state index in [1.54, 1.807) is 6.07 Å². The highest BCUT2D eigenvalue weighted by atomic mass is 16.4. The number of rotatable bonds is 7. The molecule has 0 spiro atoms. The van der Waals surface area contributed by atoms with Gasteiger partial charge in [-0.05, 0) is 51.4 Å². The first-order chi connectivity index (χ1) is 9.45. The second-order valence-electron chi connectivity index (χ2n) is 5.24. The van der Waals surface area contributed by atoms with Gasteiger partial charge in [-0.15, -0.1) is 0 Å². The van der Waals surface area contributed by atoms with Crippen molar-refractivity contribution in [2.24, 2.45) is 0 Å². The summed E-state index contributed by atoms with van der Waals surface area (Å²) in [4.78, 5) is 12.9. The van der Waals surface area contributed by atoms with Gasteiger partial charge in [-0.25, -0.2) is 0 Å². The molecule has 0 radical (unpaired) electrons. The Balaban J connectivity index is 2.79. The van der Waals surface area contributed by atoms with Crippen molar-refractivity contribution in [3.8, 4) is 6.07 Å². The molecule has 0 aliphatic heterocycles. The Morgan fingerprint density at radius 3 is 2.65 bits per heavy atom. The normalized spacial score (nSPS) is 12.4. The molecule has 0 amide bonds. The Morgan fingerprint density at radius 2 is 2.10 bits per heavy atom. The van der Waals surface area contributed by atoms with E-state index >= 15 is 0 Å². The van der Waals surface area contributed by atoms with Gasteiger partial charge in [0.05, 0.1) is 11.6 Å². The highest BCUT2D eigenvalue weighted by Crippen LogP contribution is 2.23. The van der Waals surface area contributed by atoms with Crippen LogP contribution in [0.1, 0.15) is 50.8 Å². The second kappa shape index (κ2) is 7.66. The molecule has 1 atom stereocenters. The molecule has 4 heteroatoms. The molecule has 108 valence electrons. The molecule has 1 unspecified atom stereocenters. The van der Waals surface area contributed by atoms with Crippen molar-refractivity contribution < 1.29 is 9.90 Å². The first-order valence-electron chi connectivity index (χ1n) is 6.93. The Morgan fingerprint density at radius 1 is 1.40 bits per heavy atom. The smallest absolute Gasteiger partial charge is 0.303 e. The van der Waals surface area contributed by atoms with Crippen LogP contribution < -0.4 is 0 Å². The maximum atomic E-state index is 10.6. The van der Waals surface area contributed by atoms with Crippen LogP contribution in [0.15, 0.2) is 24.3 Å². The summed E-state index contributed by atoms with van der Waals surface area (Å²) < 4.78 is 0. The molecule has 0 saturated carbocycles. The van der Waals surface area contributed by atoms with Gasteiger partial charge in [0, 0.05) is 18.5 Å². The van der Waals surface area contributed by atoms with Crippen LogP contribution in [0.4, 0.5) is 0 Å². The predicted octanol–water partition coefficient (Wildman–Crippen LogP) is 3.19. The zero-order chi connectivity index (χ0) is 15.1. The Labute approximate surface area is 120 Å². The minimum atomic E-state index is -0.757. The van der Waals surface area contributed by atoms with Crippen molar-refractivity contribution in [1.82, 2.24) is 4.90 Å². The van der Waals surface area contributed by atoms with E-state index in [0.717, 1.165) is 12.1 Å². The number of carbonyl (C=O) groups is 1. The average Bonchev–Trinajstić information content (AvgIpc) is 2.42. The topological polar surface area (TPSA) is 64.3 Å². The van der Waals surface area contributed by atoms with E-state index in [4.69, 9.17) is 10.4 Å². The highest BCUT2D eigenvalue weighted by molar-refractivity contribution is 5.66. The van der Waals surface area contributed by atoms with Crippen LogP contribution in [0.2, 0.25) is 0 Å². The number of aliphatic carboxylic acids is 1. The van der Waals surface area contributed by atoms with Gasteiger partial charge in [0.15, 0.2) is 0 Å². The van der Waals surface area contributed by atoms with E-state index in [0.29, 0.717) is 18.0 Å². The quantitative estimate of drug-likeness (QED) is 0.829. The van der Waals surface area contributed by atoms with Crippen LogP contribution in [0, 0.1) is 11.3 Å².